The maximum absolute atomic E-state index is 11.4. The lowest BCUT2D eigenvalue weighted by Gasteiger charge is -2.15. The zero-order chi connectivity index (χ0) is 12.6. The van der Waals surface area contributed by atoms with Crippen molar-refractivity contribution in [2.24, 2.45) is 5.92 Å². The van der Waals surface area contributed by atoms with E-state index in [9.17, 15) is 4.79 Å². The number of amides is 2. The standard InChI is InChI=1S/C12H26N2O2/c1-9(2)5-6-10(3)14-12(16)13-8-7-11(4)15/h9-11,15H,5-8H2,1-4H3,(H2,13,14,16). The van der Waals surface area contributed by atoms with Crippen LogP contribution < -0.4 is 10.6 Å². The summed E-state index contributed by atoms with van der Waals surface area (Å²) in [6.07, 6.45) is 2.35. The highest BCUT2D eigenvalue weighted by molar-refractivity contribution is 5.74. The van der Waals surface area contributed by atoms with Gasteiger partial charge < -0.3 is 15.7 Å². The second-order valence-electron chi connectivity index (χ2n) is 4.91. The molecular formula is C12H26N2O2. The predicted molar refractivity (Wildman–Crippen MR) is 66.4 cm³/mol. The Bertz CT molecular complexity index is 193. The zero-order valence-corrected chi connectivity index (χ0v) is 10.9. The summed E-state index contributed by atoms with van der Waals surface area (Å²) in [6.45, 7) is 8.59. The van der Waals surface area contributed by atoms with Crippen molar-refractivity contribution in [1.82, 2.24) is 10.6 Å². The van der Waals surface area contributed by atoms with Crippen molar-refractivity contribution < 1.29 is 9.90 Å². The average molecular weight is 230 g/mol. The molecule has 0 heterocycles. The molecule has 0 spiro atoms. The van der Waals surface area contributed by atoms with Gasteiger partial charge in [0.2, 0.25) is 0 Å². The summed E-state index contributed by atoms with van der Waals surface area (Å²) in [5, 5.41) is 14.6. The Labute approximate surface area is 98.8 Å². The Morgan fingerprint density at radius 1 is 1.12 bits per heavy atom. The van der Waals surface area contributed by atoms with Gasteiger partial charge >= 0.3 is 6.03 Å². The first-order valence-corrected chi connectivity index (χ1v) is 6.14. The summed E-state index contributed by atoms with van der Waals surface area (Å²) < 4.78 is 0. The first-order chi connectivity index (χ1) is 7.41. The molecule has 16 heavy (non-hydrogen) atoms. The van der Waals surface area contributed by atoms with Crippen molar-refractivity contribution in [1.29, 1.82) is 0 Å². The monoisotopic (exact) mass is 230 g/mol. The van der Waals surface area contributed by atoms with Gasteiger partial charge in [0.1, 0.15) is 0 Å². The van der Waals surface area contributed by atoms with E-state index in [4.69, 9.17) is 5.11 Å². The maximum atomic E-state index is 11.4. The zero-order valence-electron chi connectivity index (χ0n) is 10.9. The average Bonchev–Trinajstić information content (AvgIpc) is 2.14. The molecule has 3 N–H and O–H groups in total. The summed E-state index contributed by atoms with van der Waals surface area (Å²) in [7, 11) is 0. The number of aliphatic hydroxyl groups is 1. The second kappa shape index (κ2) is 8.39. The molecular weight excluding hydrogens is 204 g/mol. The predicted octanol–water partition coefficient (Wildman–Crippen LogP) is 1.88. The highest BCUT2D eigenvalue weighted by Crippen LogP contribution is 2.05. The fraction of sp³-hybridized carbons (Fsp3) is 0.917. The number of hydrogen-bond donors (Lipinski definition) is 3. The van der Waals surface area contributed by atoms with E-state index in [0.717, 1.165) is 12.8 Å². The minimum absolute atomic E-state index is 0.142. The van der Waals surface area contributed by atoms with Gasteiger partial charge in [0, 0.05) is 12.6 Å². The molecule has 0 aliphatic heterocycles. The van der Waals surface area contributed by atoms with Crippen LogP contribution in [0.1, 0.15) is 47.0 Å². The molecule has 0 rings (SSSR count). The summed E-state index contributed by atoms with van der Waals surface area (Å²) in [6, 6.07) is 0.0610. The molecule has 4 nitrogen and oxygen atoms in total. The molecule has 0 fully saturated rings. The van der Waals surface area contributed by atoms with E-state index in [-0.39, 0.29) is 18.2 Å². The van der Waals surface area contributed by atoms with E-state index in [1.807, 2.05) is 6.92 Å². The molecule has 0 saturated heterocycles. The molecule has 4 heteroatoms. The summed E-state index contributed by atoms with van der Waals surface area (Å²) >= 11 is 0. The lowest BCUT2D eigenvalue weighted by molar-refractivity contribution is 0.183. The van der Waals surface area contributed by atoms with Gasteiger partial charge in [-0.25, -0.2) is 4.79 Å². The molecule has 0 aromatic heterocycles. The van der Waals surface area contributed by atoms with E-state index < -0.39 is 0 Å². The number of carbonyl (C=O) groups excluding carboxylic acids is 1. The van der Waals surface area contributed by atoms with Crippen molar-refractivity contribution in [3.8, 4) is 0 Å². The molecule has 2 atom stereocenters. The van der Waals surface area contributed by atoms with Crippen LogP contribution in [0, 0.1) is 5.92 Å². The number of carbonyl (C=O) groups is 1. The van der Waals surface area contributed by atoms with Gasteiger partial charge in [0.15, 0.2) is 0 Å². The molecule has 2 amide bonds. The number of urea groups is 1. The van der Waals surface area contributed by atoms with Crippen LogP contribution in [0.2, 0.25) is 0 Å². The largest absolute Gasteiger partial charge is 0.393 e. The van der Waals surface area contributed by atoms with Crippen molar-refractivity contribution in [2.75, 3.05) is 6.54 Å². The first-order valence-electron chi connectivity index (χ1n) is 6.14. The second-order valence-corrected chi connectivity index (χ2v) is 4.91. The van der Waals surface area contributed by atoms with Crippen molar-refractivity contribution in [3.63, 3.8) is 0 Å². The van der Waals surface area contributed by atoms with Crippen LogP contribution in [0.25, 0.3) is 0 Å². The lowest BCUT2D eigenvalue weighted by atomic mass is 10.0. The molecule has 0 aliphatic rings. The van der Waals surface area contributed by atoms with Crippen LogP contribution in [0.5, 0.6) is 0 Å². The van der Waals surface area contributed by atoms with Crippen molar-refractivity contribution in [3.05, 3.63) is 0 Å². The van der Waals surface area contributed by atoms with E-state index in [1.54, 1.807) is 6.92 Å². The number of hydrogen-bond acceptors (Lipinski definition) is 2. The van der Waals surface area contributed by atoms with Crippen LogP contribution in [-0.4, -0.2) is 29.8 Å². The van der Waals surface area contributed by atoms with Gasteiger partial charge in [-0.3, -0.25) is 0 Å². The fourth-order valence-corrected chi connectivity index (χ4v) is 1.32. The van der Waals surface area contributed by atoms with E-state index in [0.29, 0.717) is 18.9 Å². The molecule has 0 aliphatic carbocycles. The highest BCUT2D eigenvalue weighted by atomic mass is 16.3. The highest BCUT2D eigenvalue weighted by Gasteiger charge is 2.07. The van der Waals surface area contributed by atoms with Crippen LogP contribution >= 0.6 is 0 Å². The third kappa shape index (κ3) is 9.77. The van der Waals surface area contributed by atoms with Crippen molar-refractivity contribution in [2.45, 2.75) is 59.1 Å². The number of rotatable bonds is 7. The van der Waals surface area contributed by atoms with Crippen LogP contribution in [0.4, 0.5) is 4.79 Å². The Morgan fingerprint density at radius 2 is 1.75 bits per heavy atom. The Morgan fingerprint density at radius 3 is 2.25 bits per heavy atom. The minimum atomic E-state index is -0.362. The minimum Gasteiger partial charge on any atom is -0.393 e. The van der Waals surface area contributed by atoms with Crippen molar-refractivity contribution >= 4 is 6.03 Å². The van der Waals surface area contributed by atoms with Crippen LogP contribution in [-0.2, 0) is 0 Å². The topological polar surface area (TPSA) is 61.4 Å². The van der Waals surface area contributed by atoms with Crippen LogP contribution in [0.3, 0.4) is 0 Å². The molecule has 0 saturated carbocycles. The summed E-state index contributed by atoms with van der Waals surface area (Å²) in [5.41, 5.74) is 0. The van der Waals surface area contributed by atoms with E-state index in [2.05, 4.69) is 24.5 Å². The third-order valence-corrected chi connectivity index (χ3v) is 2.40. The smallest absolute Gasteiger partial charge is 0.314 e. The van der Waals surface area contributed by atoms with Gasteiger partial charge in [-0.2, -0.15) is 0 Å². The van der Waals surface area contributed by atoms with Crippen LogP contribution in [0.15, 0.2) is 0 Å². The van der Waals surface area contributed by atoms with Gasteiger partial charge in [-0.1, -0.05) is 13.8 Å². The number of aliphatic hydroxyl groups excluding tert-OH is 1. The third-order valence-electron chi connectivity index (χ3n) is 2.40. The molecule has 0 bridgehead atoms. The molecule has 0 aromatic carbocycles. The first kappa shape index (κ1) is 15.2. The molecule has 0 radical (unpaired) electrons. The fourth-order valence-electron chi connectivity index (χ4n) is 1.32. The van der Waals surface area contributed by atoms with Gasteiger partial charge in [0.05, 0.1) is 6.10 Å². The lowest BCUT2D eigenvalue weighted by Crippen LogP contribution is -2.41. The molecule has 2 unspecified atom stereocenters. The summed E-state index contributed by atoms with van der Waals surface area (Å²) in [4.78, 5) is 11.4. The van der Waals surface area contributed by atoms with E-state index in [1.165, 1.54) is 0 Å². The Hall–Kier alpha value is -0.770. The van der Waals surface area contributed by atoms with Gasteiger partial charge in [-0.15, -0.1) is 0 Å². The van der Waals surface area contributed by atoms with Gasteiger partial charge in [0.25, 0.3) is 0 Å². The normalized spacial score (nSPS) is 14.6. The molecule has 96 valence electrons. The molecule has 0 aromatic rings. The number of nitrogens with one attached hydrogen (secondary N) is 2. The summed E-state index contributed by atoms with van der Waals surface area (Å²) in [5.74, 6) is 0.669. The van der Waals surface area contributed by atoms with E-state index >= 15 is 0 Å². The maximum Gasteiger partial charge on any atom is 0.314 e. The SMILES string of the molecule is CC(C)CCC(C)NC(=O)NCCC(C)O. The quantitative estimate of drug-likeness (QED) is 0.625. The Kier molecular flexibility index (Phi) is 7.99. The Balaban J connectivity index is 3.54. The van der Waals surface area contributed by atoms with Gasteiger partial charge in [-0.05, 0) is 39.0 Å².